The van der Waals surface area contributed by atoms with Gasteiger partial charge in [-0.2, -0.15) is 5.10 Å². The standard InChI is InChI=1S/C19H18FN3O2/c1-13-5-2-3-8-17(13)23-12-15(10-22-23)19(25)21-11-18(24)14-6-4-7-16(20)9-14/h2-10,12,18,24H,11H2,1H3,(H,21,25). The van der Waals surface area contributed by atoms with Gasteiger partial charge in [0.05, 0.1) is 23.6 Å². The monoisotopic (exact) mass is 339 g/mol. The molecule has 3 rings (SSSR count). The summed E-state index contributed by atoms with van der Waals surface area (Å²) in [7, 11) is 0. The fourth-order valence-electron chi connectivity index (χ4n) is 2.52. The molecule has 6 heteroatoms. The van der Waals surface area contributed by atoms with E-state index in [1.165, 1.54) is 24.4 Å². The van der Waals surface area contributed by atoms with E-state index in [1.54, 1.807) is 16.9 Å². The van der Waals surface area contributed by atoms with Crippen LogP contribution in [-0.4, -0.2) is 27.3 Å². The Hall–Kier alpha value is -2.99. The summed E-state index contributed by atoms with van der Waals surface area (Å²) in [5.74, 6) is -0.780. The lowest BCUT2D eigenvalue weighted by Gasteiger charge is -2.11. The predicted molar refractivity (Wildman–Crippen MR) is 92.0 cm³/mol. The van der Waals surface area contributed by atoms with Crippen LogP contribution in [-0.2, 0) is 0 Å². The quantitative estimate of drug-likeness (QED) is 0.751. The fraction of sp³-hybridized carbons (Fsp3) is 0.158. The number of aliphatic hydroxyl groups is 1. The van der Waals surface area contributed by atoms with Crippen molar-refractivity contribution in [2.24, 2.45) is 0 Å². The van der Waals surface area contributed by atoms with E-state index in [2.05, 4.69) is 10.4 Å². The van der Waals surface area contributed by atoms with Crippen molar-refractivity contribution in [2.45, 2.75) is 13.0 Å². The van der Waals surface area contributed by atoms with Gasteiger partial charge in [-0.25, -0.2) is 9.07 Å². The Balaban J connectivity index is 1.65. The number of benzene rings is 2. The summed E-state index contributed by atoms with van der Waals surface area (Å²) in [6.45, 7) is 1.95. The van der Waals surface area contributed by atoms with E-state index in [4.69, 9.17) is 0 Å². The first kappa shape index (κ1) is 16.9. The zero-order chi connectivity index (χ0) is 17.8. The molecule has 0 spiro atoms. The molecule has 128 valence electrons. The highest BCUT2D eigenvalue weighted by Crippen LogP contribution is 2.15. The van der Waals surface area contributed by atoms with Crippen molar-refractivity contribution >= 4 is 5.91 Å². The maximum absolute atomic E-state index is 13.2. The number of halogens is 1. The second kappa shape index (κ2) is 7.27. The molecule has 25 heavy (non-hydrogen) atoms. The van der Waals surface area contributed by atoms with E-state index < -0.39 is 11.9 Å². The Kier molecular flexibility index (Phi) is 4.90. The summed E-state index contributed by atoms with van der Waals surface area (Å²) in [5, 5.41) is 16.9. The number of aryl methyl sites for hydroxylation is 1. The molecule has 1 atom stereocenters. The highest BCUT2D eigenvalue weighted by Gasteiger charge is 2.13. The number of carbonyl (C=O) groups excluding carboxylic acids is 1. The number of nitrogens with zero attached hydrogens (tertiary/aromatic N) is 2. The molecule has 2 aromatic carbocycles. The van der Waals surface area contributed by atoms with Gasteiger partial charge in [0.1, 0.15) is 5.82 Å². The first-order chi connectivity index (χ1) is 12.0. The fourth-order valence-corrected chi connectivity index (χ4v) is 2.52. The molecule has 0 bridgehead atoms. The van der Waals surface area contributed by atoms with Crippen molar-refractivity contribution < 1.29 is 14.3 Å². The van der Waals surface area contributed by atoms with Gasteiger partial charge in [0, 0.05) is 12.7 Å². The molecule has 0 saturated carbocycles. The van der Waals surface area contributed by atoms with Crippen molar-refractivity contribution in [3.05, 3.63) is 83.4 Å². The number of rotatable bonds is 5. The molecule has 1 amide bonds. The molecule has 0 radical (unpaired) electrons. The summed E-state index contributed by atoms with van der Waals surface area (Å²) in [6.07, 6.45) is 2.12. The molecule has 0 fully saturated rings. The van der Waals surface area contributed by atoms with Crippen molar-refractivity contribution in [3.8, 4) is 5.69 Å². The van der Waals surface area contributed by atoms with Crippen LogP contribution in [0.4, 0.5) is 4.39 Å². The molecule has 1 unspecified atom stereocenters. The van der Waals surface area contributed by atoms with E-state index in [9.17, 15) is 14.3 Å². The van der Waals surface area contributed by atoms with Crippen molar-refractivity contribution in [1.29, 1.82) is 0 Å². The van der Waals surface area contributed by atoms with Gasteiger partial charge in [0.2, 0.25) is 0 Å². The second-order valence-corrected chi connectivity index (χ2v) is 5.74. The van der Waals surface area contributed by atoms with Crippen LogP contribution < -0.4 is 5.32 Å². The molecular formula is C19H18FN3O2. The zero-order valence-electron chi connectivity index (χ0n) is 13.7. The molecule has 2 N–H and O–H groups in total. The van der Waals surface area contributed by atoms with Gasteiger partial charge < -0.3 is 10.4 Å². The topological polar surface area (TPSA) is 67.2 Å². The Labute approximate surface area is 144 Å². The van der Waals surface area contributed by atoms with Crippen molar-refractivity contribution in [3.63, 3.8) is 0 Å². The molecule has 0 aliphatic rings. The number of hydrogen-bond donors (Lipinski definition) is 2. The van der Waals surface area contributed by atoms with Crippen molar-refractivity contribution in [2.75, 3.05) is 6.54 Å². The van der Waals surface area contributed by atoms with Gasteiger partial charge in [0.25, 0.3) is 5.91 Å². The molecule has 5 nitrogen and oxygen atoms in total. The first-order valence-corrected chi connectivity index (χ1v) is 7.87. The largest absolute Gasteiger partial charge is 0.387 e. The number of aliphatic hydroxyl groups excluding tert-OH is 1. The lowest BCUT2D eigenvalue weighted by Crippen LogP contribution is -2.28. The maximum Gasteiger partial charge on any atom is 0.254 e. The van der Waals surface area contributed by atoms with Gasteiger partial charge in [-0.05, 0) is 36.2 Å². The number of aromatic nitrogens is 2. The van der Waals surface area contributed by atoms with Gasteiger partial charge in [0.15, 0.2) is 0 Å². The van der Waals surface area contributed by atoms with Crippen LogP contribution in [0.1, 0.15) is 27.6 Å². The Morgan fingerprint density at radius 3 is 2.84 bits per heavy atom. The average Bonchev–Trinajstić information content (AvgIpc) is 3.09. The van der Waals surface area contributed by atoms with E-state index in [1.807, 2.05) is 31.2 Å². The minimum atomic E-state index is -0.980. The average molecular weight is 339 g/mol. The van der Waals surface area contributed by atoms with Gasteiger partial charge in [-0.15, -0.1) is 0 Å². The summed E-state index contributed by atoms with van der Waals surface area (Å²) >= 11 is 0. The molecular weight excluding hydrogens is 321 g/mol. The van der Waals surface area contributed by atoms with Crippen LogP contribution in [0.3, 0.4) is 0 Å². The van der Waals surface area contributed by atoms with Crippen molar-refractivity contribution in [1.82, 2.24) is 15.1 Å². The van der Waals surface area contributed by atoms with Crippen LogP contribution in [0.25, 0.3) is 5.69 Å². The Morgan fingerprint density at radius 1 is 1.28 bits per heavy atom. The first-order valence-electron chi connectivity index (χ1n) is 7.87. The number of carbonyl (C=O) groups is 1. The molecule has 0 aliphatic heterocycles. The van der Waals surface area contributed by atoms with Gasteiger partial charge in [-0.3, -0.25) is 4.79 Å². The van der Waals surface area contributed by atoms with Crippen LogP contribution in [0.2, 0.25) is 0 Å². The van der Waals surface area contributed by atoms with E-state index in [-0.39, 0.29) is 12.5 Å². The highest BCUT2D eigenvalue weighted by atomic mass is 19.1. The van der Waals surface area contributed by atoms with Crippen LogP contribution in [0, 0.1) is 12.7 Å². The third-order valence-corrected chi connectivity index (χ3v) is 3.90. The Morgan fingerprint density at radius 2 is 2.08 bits per heavy atom. The number of hydrogen-bond acceptors (Lipinski definition) is 3. The zero-order valence-corrected chi connectivity index (χ0v) is 13.7. The maximum atomic E-state index is 13.2. The van der Waals surface area contributed by atoms with E-state index >= 15 is 0 Å². The summed E-state index contributed by atoms with van der Waals surface area (Å²) in [5.41, 5.74) is 2.73. The summed E-state index contributed by atoms with van der Waals surface area (Å²) in [4.78, 5) is 12.2. The summed E-state index contributed by atoms with van der Waals surface area (Å²) < 4.78 is 14.8. The molecule has 0 saturated heterocycles. The highest BCUT2D eigenvalue weighted by molar-refractivity contribution is 5.93. The summed E-state index contributed by atoms with van der Waals surface area (Å²) in [6, 6.07) is 13.4. The number of amides is 1. The molecule has 1 aromatic heterocycles. The molecule has 3 aromatic rings. The van der Waals surface area contributed by atoms with Gasteiger partial charge in [-0.1, -0.05) is 30.3 Å². The minimum absolute atomic E-state index is 0.0160. The lowest BCUT2D eigenvalue weighted by atomic mass is 10.1. The van der Waals surface area contributed by atoms with Crippen LogP contribution in [0.15, 0.2) is 60.9 Å². The minimum Gasteiger partial charge on any atom is -0.387 e. The SMILES string of the molecule is Cc1ccccc1-n1cc(C(=O)NCC(O)c2cccc(F)c2)cn1. The second-order valence-electron chi connectivity index (χ2n) is 5.74. The van der Waals surface area contributed by atoms with E-state index in [0.717, 1.165) is 11.3 Å². The third kappa shape index (κ3) is 3.92. The van der Waals surface area contributed by atoms with E-state index in [0.29, 0.717) is 11.1 Å². The lowest BCUT2D eigenvalue weighted by molar-refractivity contribution is 0.0916. The predicted octanol–water partition coefficient (Wildman–Crippen LogP) is 2.78. The van der Waals surface area contributed by atoms with Gasteiger partial charge >= 0.3 is 0 Å². The normalized spacial score (nSPS) is 12.0. The van der Waals surface area contributed by atoms with Crippen LogP contribution >= 0.6 is 0 Å². The number of para-hydroxylation sites is 1. The number of nitrogens with one attached hydrogen (secondary N) is 1. The molecule has 1 heterocycles. The molecule has 0 aliphatic carbocycles. The smallest absolute Gasteiger partial charge is 0.254 e. The van der Waals surface area contributed by atoms with Crippen LogP contribution in [0.5, 0.6) is 0 Å². The Bertz CT molecular complexity index is 892. The third-order valence-electron chi connectivity index (χ3n) is 3.90.